The van der Waals surface area contributed by atoms with Crippen LogP contribution in [0.1, 0.15) is 14.3 Å². The molecule has 0 aromatic carbocycles. The Bertz CT molecular complexity index is 463. The van der Waals surface area contributed by atoms with Crippen molar-refractivity contribution in [1.82, 2.24) is 0 Å². The van der Waals surface area contributed by atoms with Gasteiger partial charge < -0.3 is 47.0 Å². The van der Waals surface area contributed by atoms with Crippen LogP contribution in [0.4, 0.5) is 0 Å². The zero-order chi connectivity index (χ0) is 19.1. The first-order chi connectivity index (χ1) is 10.9. The van der Waals surface area contributed by atoms with Gasteiger partial charge in [0.1, 0.15) is 31.0 Å². The van der Waals surface area contributed by atoms with Crippen molar-refractivity contribution in [3.63, 3.8) is 0 Å². The van der Waals surface area contributed by atoms with E-state index in [9.17, 15) is 34.8 Å². The Labute approximate surface area is 165 Å². The molecule has 0 radical (unpaired) electrons. The zero-order valence-corrected chi connectivity index (χ0v) is 15.3. The van der Waals surface area contributed by atoms with Crippen LogP contribution < -0.4 is 29.6 Å². The second kappa shape index (κ2) is 11.7. The first kappa shape index (κ1) is 26.4. The molecule has 1 unspecified atom stereocenters. The minimum Gasteiger partial charge on any atom is -1.00 e. The van der Waals surface area contributed by atoms with Gasteiger partial charge in [-0.3, -0.25) is 9.59 Å². The van der Waals surface area contributed by atoms with Crippen LogP contribution in [0.15, 0.2) is 0 Å². The second-order valence-electron chi connectivity index (χ2n) is 5.07. The van der Waals surface area contributed by atoms with Crippen molar-refractivity contribution >= 4 is 17.9 Å². The number of rotatable bonds is 11. The molecular formula is C12H21NaO12. The Morgan fingerprint density at radius 1 is 0.960 bits per heavy atom. The van der Waals surface area contributed by atoms with Crippen LogP contribution in [-0.2, 0) is 19.1 Å². The van der Waals surface area contributed by atoms with Gasteiger partial charge in [-0.1, -0.05) is 0 Å². The van der Waals surface area contributed by atoms with Gasteiger partial charge in [0.25, 0.3) is 0 Å². The van der Waals surface area contributed by atoms with Gasteiger partial charge in [0.05, 0.1) is 19.4 Å². The van der Waals surface area contributed by atoms with Crippen LogP contribution in [-0.4, -0.2) is 102 Å². The molecule has 0 rings (SSSR count). The van der Waals surface area contributed by atoms with E-state index < -0.39 is 74.0 Å². The minimum atomic E-state index is -2.92. The molecule has 5 atom stereocenters. The number of carboxylic acids is 2. The standard InChI is InChI=1S/C12H20O12.Na.H/c13-3-5(14)9(19)10(20)6(15)4-24-8(18)2-12(23,11(21)22)1-7(16)17;;/h5-6,9-10,13-15,19-20,23H,1-4H2,(H,16,17)(H,21,22);;/q;+1;-1/t5-,6+,9-,10-,12?;;/m1../s1. The molecule has 25 heavy (non-hydrogen) atoms. The molecule has 0 aliphatic carbocycles. The maximum atomic E-state index is 11.4. The molecule has 0 amide bonds. The summed E-state index contributed by atoms with van der Waals surface area (Å²) in [6, 6.07) is 0. The molecule has 0 aliphatic heterocycles. The van der Waals surface area contributed by atoms with Crippen molar-refractivity contribution in [1.29, 1.82) is 0 Å². The van der Waals surface area contributed by atoms with E-state index in [1.165, 1.54) is 0 Å². The summed E-state index contributed by atoms with van der Waals surface area (Å²) in [6.07, 6.45) is -10.1. The van der Waals surface area contributed by atoms with E-state index in [0.29, 0.717) is 0 Å². The second-order valence-corrected chi connectivity index (χ2v) is 5.07. The first-order valence-electron chi connectivity index (χ1n) is 6.61. The summed E-state index contributed by atoms with van der Waals surface area (Å²) in [5.74, 6) is -5.03. The van der Waals surface area contributed by atoms with E-state index in [1.807, 2.05) is 0 Å². The molecular weight excluding hydrogens is 359 g/mol. The van der Waals surface area contributed by atoms with Crippen molar-refractivity contribution in [2.24, 2.45) is 0 Å². The number of carboxylic acid groups (broad SMARTS) is 2. The fourth-order valence-corrected chi connectivity index (χ4v) is 1.59. The number of aliphatic carboxylic acids is 2. The molecule has 0 saturated heterocycles. The monoisotopic (exact) mass is 380 g/mol. The van der Waals surface area contributed by atoms with Gasteiger partial charge in [-0.15, -0.1) is 0 Å². The predicted octanol–water partition coefficient (Wildman–Crippen LogP) is -7.24. The van der Waals surface area contributed by atoms with Crippen LogP contribution in [0, 0.1) is 0 Å². The molecule has 12 nitrogen and oxygen atoms in total. The number of carbonyl (C=O) groups is 3. The molecule has 0 spiro atoms. The van der Waals surface area contributed by atoms with Gasteiger partial charge >= 0.3 is 47.5 Å². The van der Waals surface area contributed by atoms with E-state index in [4.69, 9.17) is 20.4 Å². The number of hydrogen-bond donors (Lipinski definition) is 8. The number of ether oxygens (including phenoxy) is 1. The summed E-state index contributed by atoms with van der Waals surface area (Å²) in [6.45, 7) is -1.86. The Balaban J connectivity index is -0.00000264. The third-order valence-corrected chi connectivity index (χ3v) is 3.02. The maximum Gasteiger partial charge on any atom is 1.00 e. The minimum absolute atomic E-state index is 0. The Morgan fingerprint density at radius 2 is 1.44 bits per heavy atom. The summed E-state index contributed by atoms with van der Waals surface area (Å²) >= 11 is 0. The average molecular weight is 380 g/mol. The third kappa shape index (κ3) is 8.89. The molecule has 0 aromatic heterocycles. The zero-order valence-electron chi connectivity index (χ0n) is 14.3. The molecule has 0 bridgehead atoms. The number of aliphatic hydroxyl groups excluding tert-OH is 5. The third-order valence-electron chi connectivity index (χ3n) is 3.02. The van der Waals surface area contributed by atoms with Crippen LogP contribution in [0.3, 0.4) is 0 Å². The van der Waals surface area contributed by atoms with E-state index in [1.54, 1.807) is 0 Å². The number of aliphatic hydroxyl groups is 6. The van der Waals surface area contributed by atoms with Gasteiger partial charge in [0, 0.05) is 0 Å². The predicted molar refractivity (Wildman–Crippen MR) is 72.6 cm³/mol. The van der Waals surface area contributed by atoms with Crippen molar-refractivity contribution in [2.75, 3.05) is 13.2 Å². The molecule has 0 saturated carbocycles. The van der Waals surface area contributed by atoms with Crippen LogP contribution in [0.2, 0.25) is 0 Å². The van der Waals surface area contributed by atoms with Gasteiger partial charge in [-0.05, 0) is 0 Å². The van der Waals surface area contributed by atoms with Gasteiger partial charge in [-0.2, -0.15) is 0 Å². The molecule has 142 valence electrons. The van der Waals surface area contributed by atoms with Gasteiger partial charge in [-0.25, -0.2) is 4.79 Å². The smallest absolute Gasteiger partial charge is 1.00 e. The Hall–Kier alpha value is -0.830. The van der Waals surface area contributed by atoms with E-state index >= 15 is 0 Å². The molecule has 0 fully saturated rings. The van der Waals surface area contributed by atoms with Crippen molar-refractivity contribution in [3.8, 4) is 0 Å². The summed E-state index contributed by atoms with van der Waals surface area (Å²) in [4.78, 5) is 32.8. The summed E-state index contributed by atoms with van der Waals surface area (Å²) < 4.78 is 4.40. The van der Waals surface area contributed by atoms with E-state index in [2.05, 4.69) is 4.74 Å². The quantitative estimate of drug-likeness (QED) is 0.124. The Morgan fingerprint density at radius 3 is 1.84 bits per heavy atom. The normalized spacial score (nSPS) is 18.0. The molecule has 0 heterocycles. The Kier molecular flexibility index (Phi) is 12.4. The largest absolute Gasteiger partial charge is 1.00 e. The van der Waals surface area contributed by atoms with E-state index in [-0.39, 0.29) is 31.0 Å². The SMILES string of the molecule is O=C(O)CC(O)(CC(=O)OC[C@H](O)[C@@H](O)[C@H](O)[C@H](O)CO)C(=O)O.[H-].[Na+]. The fraction of sp³-hybridized carbons (Fsp3) is 0.750. The molecule has 13 heteroatoms. The number of esters is 1. The number of carbonyl (C=O) groups excluding carboxylic acids is 1. The first-order valence-corrected chi connectivity index (χ1v) is 6.61. The maximum absolute atomic E-state index is 11.4. The summed E-state index contributed by atoms with van der Waals surface area (Å²) in [5, 5.41) is 72.8. The molecule has 0 aliphatic rings. The fourth-order valence-electron chi connectivity index (χ4n) is 1.59. The number of hydrogen-bond acceptors (Lipinski definition) is 10. The van der Waals surface area contributed by atoms with Crippen molar-refractivity contribution in [3.05, 3.63) is 0 Å². The summed E-state index contributed by atoms with van der Waals surface area (Å²) in [5.41, 5.74) is -2.92. The van der Waals surface area contributed by atoms with Crippen LogP contribution in [0.5, 0.6) is 0 Å². The molecule has 8 N–H and O–H groups in total. The van der Waals surface area contributed by atoms with E-state index in [0.717, 1.165) is 0 Å². The van der Waals surface area contributed by atoms with Gasteiger partial charge in [0.2, 0.25) is 0 Å². The van der Waals surface area contributed by atoms with Crippen LogP contribution >= 0.6 is 0 Å². The van der Waals surface area contributed by atoms with Crippen molar-refractivity contribution < 1.29 is 91.0 Å². The summed E-state index contributed by atoms with van der Waals surface area (Å²) in [7, 11) is 0. The molecule has 0 aromatic rings. The van der Waals surface area contributed by atoms with Crippen LogP contribution in [0.25, 0.3) is 0 Å². The average Bonchev–Trinajstić information content (AvgIpc) is 2.49. The van der Waals surface area contributed by atoms with Gasteiger partial charge in [0.15, 0.2) is 5.60 Å². The van der Waals surface area contributed by atoms with Crippen molar-refractivity contribution in [2.45, 2.75) is 42.9 Å². The topological polar surface area (TPSA) is 222 Å².